The van der Waals surface area contributed by atoms with Crippen LogP contribution in [0.15, 0.2) is 36.7 Å². The standard InChI is InChI=1S/C14H22N4O2.C6H4F2.C2H2/c1-14(2,3)20-13(19)18-10-6-4-5-9(15)11-12(10)17-8-7-16-11;7-5-3-1-2-4-6(5)8;1-2/h7-10H,4-6,15H2,1-3H3,(H,18,19);1-4H;1-2H/t9-,10+;;/m1../s1. The van der Waals surface area contributed by atoms with Gasteiger partial charge in [0, 0.05) is 18.4 Å². The number of hydrogen-bond donors (Lipinski definition) is 2. The van der Waals surface area contributed by atoms with Crippen molar-refractivity contribution < 1.29 is 18.3 Å². The average Bonchev–Trinajstić information content (AvgIpc) is 2.84. The molecule has 3 N–H and O–H groups in total. The lowest BCUT2D eigenvalue weighted by Gasteiger charge is -2.23. The molecule has 0 bridgehead atoms. The molecular weight excluding hydrogens is 390 g/mol. The lowest BCUT2D eigenvalue weighted by Crippen LogP contribution is -2.35. The second kappa shape index (κ2) is 11.8. The van der Waals surface area contributed by atoms with Gasteiger partial charge in [0.15, 0.2) is 11.6 Å². The van der Waals surface area contributed by atoms with E-state index >= 15 is 0 Å². The van der Waals surface area contributed by atoms with E-state index < -0.39 is 23.3 Å². The fraction of sp³-hybridized carbons (Fsp3) is 0.409. The number of carbonyl (C=O) groups is 1. The minimum absolute atomic E-state index is 0.121. The molecule has 3 rings (SSSR count). The molecule has 1 heterocycles. The Morgan fingerprint density at radius 1 is 1.10 bits per heavy atom. The number of aromatic nitrogens is 2. The number of fused-ring (bicyclic) bond motifs is 1. The Labute approximate surface area is 176 Å². The molecule has 8 heteroatoms. The van der Waals surface area contributed by atoms with Crippen molar-refractivity contribution in [2.45, 2.75) is 57.7 Å². The smallest absolute Gasteiger partial charge is 0.408 e. The number of ether oxygens (including phenoxy) is 1. The zero-order valence-corrected chi connectivity index (χ0v) is 17.4. The number of amides is 1. The van der Waals surface area contributed by atoms with Crippen LogP contribution in [0.4, 0.5) is 13.6 Å². The van der Waals surface area contributed by atoms with Crippen LogP contribution >= 0.6 is 0 Å². The number of terminal acetylenes is 1. The normalized spacial score (nSPS) is 17.6. The van der Waals surface area contributed by atoms with E-state index in [0.717, 1.165) is 42.8 Å². The predicted molar refractivity (Wildman–Crippen MR) is 111 cm³/mol. The topological polar surface area (TPSA) is 90.1 Å². The van der Waals surface area contributed by atoms with Gasteiger partial charge >= 0.3 is 6.09 Å². The van der Waals surface area contributed by atoms with Gasteiger partial charge in [0.25, 0.3) is 0 Å². The Morgan fingerprint density at radius 3 is 2.13 bits per heavy atom. The summed E-state index contributed by atoms with van der Waals surface area (Å²) in [5, 5.41) is 2.87. The van der Waals surface area contributed by atoms with Crippen LogP contribution in [0.5, 0.6) is 0 Å². The van der Waals surface area contributed by atoms with E-state index in [9.17, 15) is 13.6 Å². The van der Waals surface area contributed by atoms with Gasteiger partial charge in [-0.25, -0.2) is 13.6 Å². The lowest BCUT2D eigenvalue weighted by atomic mass is 10.1. The van der Waals surface area contributed by atoms with Crippen LogP contribution in [-0.2, 0) is 4.74 Å². The fourth-order valence-corrected chi connectivity index (χ4v) is 2.76. The maximum atomic E-state index is 11.9. The Bertz CT molecular complexity index is 816. The first-order valence-electron chi connectivity index (χ1n) is 9.46. The van der Waals surface area contributed by atoms with E-state index in [1.165, 1.54) is 12.1 Å². The highest BCUT2D eigenvalue weighted by molar-refractivity contribution is 5.68. The van der Waals surface area contributed by atoms with Gasteiger partial charge in [0.05, 0.1) is 17.4 Å². The maximum absolute atomic E-state index is 11.9. The van der Waals surface area contributed by atoms with Gasteiger partial charge in [-0.2, -0.15) is 0 Å². The lowest BCUT2D eigenvalue weighted by molar-refractivity contribution is 0.0499. The number of halogens is 2. The van der Waals surface area contributed by atoms with Crippen LogP contribution in [0.25, 0.3) is 0 Å². The second-order valence-corrected chi connectivity index (χ2v) is 7.48. The molecule has 30 heavy (non-hydrogen) atoms. The van der Waals surface area contributed by atoms with Gasteiger partial charge in [0.1, 0.15) is 5.60 Å². The van der Waals surface area contributed by atoms with Crippen LogP contribution in [0.2, 0.25) is 0 Å². The molecule has 2 atom stereocenters. The zero-order chi connectivity index (χ0) is 22.7. The Morgan fingerprint density at radius 2 is 1.63 bits per heavy atom. The molecule has 1 aromatic carbocycles. The zero-order valence-electron chi connectivity index (χ0n) is 17.4. The largest absolute Gasteiger partial charge is 0.444 e. The summed E-state index contributed by atoms with van der Waals surface area (Å²) in [6, 6.07) is 4.73. The minimum Gasteiger partial charge on any atom is -0.444 e. The Balaban J connectivity index is 0.000000375. The van der Waals surface area contributed by atoms with Gasteiger partial charge in [-0.1, -0.05) is 12.1 Å². The molecule has 6 nitrogen and oxygen atoms in total. The van der Waals surface area contributed by atoms with E-state index in [2.05, 4.69) is 28.1 Å². The van der Waals surface area contributed by atoms with Crippen molar-refractivity contribution in [3.05, 3.63) is 59.7 Å². The monoisotopic (exact) mass is 418 g/mol. The third-order valence-corrected chi connectivity index (χ3v) is 3.96. The molecule has 1 amide bonds. The van der Waals surface area contributed by atoms with E-state index in [0.29, 0.717) is 0 Å². The van der Waals surface area contributed by atoms with Crippen molar-refractivity contribution in [1.82, 2.24) is 15.3 Å². The molecule has 0 saturated heterocycles. The van der Waals surface area contributed by atoms with Gasteiger partial charge in [-0.05, 0) is 52.2 Å². The summed E-state index contributed by atoms with van der Waals surface area (Å²) < 4.78 is 29.2. The molecule has 1 aliphatic carbocycles. The molecule has 0 spiro atoms. The molecule has 0 saturated carbocycles. The van der Waals surface area contributed by atoms with Crippen LogP contribution < -0.4 is 11.1 Å². The van der Waals surface area contributed by atoms with E-state index in [-0.39, 0.29) is 12.1 Å². The number of hydrogen-bond acceptors (Lipinski definition) is 5. The van der Waals surface area contributed by atoms with Gasteiger partial charge < -0.3 is 15.8 Å². The third-order valence-electron chi connectivity index (χ3n) is 3.96. The maximum Gasteiger partial charge on any atom is 0.408 e. The first kappa shape index (κ1) is 25.0. The summed E-state index contributed by atoms with van der Waals surface area (Å²) in [6.45, 7) is 5.51. The van der Waals surface area contributed by atoms with Crippen molar-refractivity contribution in [2.75, 3.05) is 0 Å². The summed E-state index contributed by atoms with van der Waals surface area (Å²) in [5.74, 6) is -1.60. The van der Waals surface area contributed by atoms with Gasteiger partial charge in [0.2, 0.25) is 0 Å². The number of rotatable bonds is 1. The summed E-state index contributed by atoms with van der Waals surface area (Å²) >= 11 is 0. The van der Waals surface area contributed by atoms with E-state index in [1.54, 1.807) is 12.4 Å². The second-order valence-electron chi connectivity index (χ2n) is 7.48. The minimum atomic E-state index is -0.799. The van der Waals surface area contributed by atoms with Crippen LogP contribution in [0.3, 0.4) is 0 Å². The summed E-state index contributed by atoms with van der Waals surface area (Å²) in [7, 11) is 0. The van der Waals surface area contributed by atoms with Gasteiger partial charge in [-0.3, -0.25) is 9.97 Å². The number of benzene rings is 1. The molecule has 0 radical (unpaired) electrons. The molecule has 0 fully saturated rings. The van der Waals surface area contributed by atoms with Crippen LogP contribution in [0, 0.1) is 24.5 Å². The summed E-state index contributed by atoms with van der Waals surface area (Å²) in [6.07, 6.45) is 13.4. The fourth-order valence-electron chi connectivity index (χ4n) is 2.76. The highest BCUT2D eigenvalue weighted by Gasteiger charge is 2.28. The van der Waals surface area contributed by atoms with Crippen molar-refractivity contribution >= 4 is 6.09 Å². The molecule has 2 aromatic rings. The average molecular weight is 418 g/mol. The van der Waals surface area contributed by atoms with Crippen LogP contribution in [-0.4, -0.2) is 21.7 Å². The first-order chi connectivity index (χ1) is 14.2. The van der Waals surface area contributed by atoms with Crippen molar-refractivity contribution in [2.24, 2.45) is 5.73 Å². The number of nitrogens with zero attached hydrogens (tertiary/aromatic N) is 2. The van der Waals surface area contributed by atoms with Crippen molar-refractivity contribution in [3.63, 3.8) is 0 Å². The molecule has 0 aliphatic heterocycles. The number of carbonyl (C=O) groups excluding carboxylic acids is 1. The Hall–Kier alpha value is -3.05. The SMILES string of the molecule is C#C.CC(C)(C)OC(=O)N[C@H]1CCC[C@@H](N)c2nccnc21.Fc1ccccc1F. The third kappa shape index (κ3) is 8.13. The molecule has 162 valence electrons. The van der Waals surface area contributed by atoms with Crippen molar-refractivity contribution in [1.29, 1.82) is 0 Å². The molecule has 1 aromatic heterocycles. The number of nitrogens with one attached hydrogen (secondary N) is 1. The highest BCUT2D eigenvalue weighted by Crippen LogP contribution is 2.30. The van der Waals surface area contributed by atoms with Crippen molar-refractivity contribution in [3.8, 4) is 12.8 Å². The van der Waals surface area contributed by atoms with Crippen LogP contribution in [0.1, 0.15) is 63.5 Å². The molecule has 1 aliphatic rings. The predicted octanol–water partition coefficient (Wildman–Crippen LogP) is 4.44. The van der Waals surface area contributed by atoms with E-state index in [4.69, 9.17) is 10.5 Å². The molecular formula is C22H28F2N4O2. The van der Waals surface area contributed by atoms with Gasteiger partial charge in [-0.15, -0.1) is 12.8 Å². The highest BCUT2D eigenvalue weighted by atomic mass is 19.2. The number of alkyl carbamates (subject to hydrolysis) is 1. The number of nitrogens with two attached hydrogens (primary N) is 1. The quantitative estimate of drug-likeness (QED) is 0.528. The first-order valence-corrected chi connectivity index (χ1v) is 9.46. The summed E-state index contributed by atoms with van der Waals surface area (Å²) in [5.41, 5.74) is 7.10. The Kier molecular flexibility index (Phi) is 9.85. The summed E-state index contributed by atoms with van der Waals surface area (Å²) in [4.78, 5) is 20.6. The molecule has 0 unspecified atom stereocenters. The van der Waals surface area contributed by atoms with E-state index in [1.807, 2.05) is 20.8 Å².